The van der Waals surface area contributed by atoms with E-state index in [1.807, 2.05) is 12.1 Å². The number of hydrogen-bond donors (Lipinski definition) is 1. The van der Waals surface area contributed by atoms with Crippen molar-refractivity contribution in [1.29, 1.82) is 0 Å². The highest BCUT2D eigenvalue weighted by Crippen LogP contribution is 2.45. The maximum Gasteiger partial charge on any atom is 0.115 e. The van der Waals surface area contributed by atoms with E-state index in [1.54, 1.807) is 0 Å². The summed E-state index contributed by atoms with van der Waals surface area (Å²) in [6, 6.07) is 7.75. The molecule has 1 aromatic carbocycles. The van der Waals surface area contributed by atoms with E-state index in [0.29, 0.717) is 5.75 Å². The average Bonchev–Trinajstić information content (AvgIpc) is 3.78. The molecular formula is C42H78O. The first kappa shape index (κ1) is 40.0. The van der Waals surface area contributed by atoms with Gasteiger partial charge in [0.1, 0.15) is 5.75 Å². The maximum absolute atomic E-state index is 9.32. The van der Waals surface area contributed by atoms with Crippen molar-refractivity contribution < 1.29 is 5.11 Å². The number of aryl methyl sites for hydroxylation is 1. The molecule has 1 heteroatoms. The van der Waals surface area contributed by atoms with E-state index < -0.39 is 0 Å². The Hall–Kier alpha value is -0.980. The van der Waals surface area contributed by atoms with Gasteiger partial charge in [0, 0.05) is 0 Å². The summed E-state index contributed by atoms with van der Waals surface area (Å²) in [6.07, 6.45) is 44.8. The summed E-state index contributed by atoms with van der Waals surface area (Å²) in [5.74, 6) is 2.39. The highest BCUT2D eigenvalue weighted by Gasteiger charge is 2.35. The molecule has 0 bridgehead atoms. The molecule has 0 aromatic heterocycles. The van der Waals surface area contributed by atoms with E-state index in [-0.39, 0.29) is 0 Å². The summed E-state index contributed by atoms with van der Waals surface area (Å²) < 4.78 is 0. The van der Waals surface area contributed by atoms with Crippen molar-refractivity contribution in [2.24, 2.45) is 11.8 Å². The Bertz CT molecular complexity index is 648. The van der Waals surface area contributed by atoms with Gasteiger partial charge in [-0.05, 0) is 48.8 Å². The molecule has 0 saturated heterocycles. The van der Waals surface area contributed by atoms with Gasteiger partial charge in [0.2, 0.25) is 0 Å². The third kappa shape index (κ3) is 27.1. The van der Waals surface area contributed by atoms with E-state index in [9.17, 15) is 5.11 Å². The van der Waals surface area contributed by atoms with Gasteiger partial charge in [0.25, 0.3) is 0 Å². The van der Waals surface area contributed by atoms with Gasteiger partial charge in [-0.1, -0.05) is 213 Å². The summed E-state index contributed by atoms with van der Waals surface area (Å²) in [4.78, 5) is 0. The van der Waals surface area contributed by atoms with Crippen LogP contribution < -0.4 is 0 Å². The smallest absolute Gasteiger partial charge is 0.115 e. The molecule has 1 fully saturated rings. The van der Waals surface area contributed by atoms with Crippen LogP contribution in [0.15, 0.2) is 24.3 Å². The van der Waals surface area contributed by atoms with Crippen LogP contribution in [0.4, 0.5) is 0 Å². The lowest BCUT2D eigenvalue weighted by Gasteiger charge is -2.04. The normalized spacial score (nSPS) is 15.8. The third-order valence-electron chi connectivity index (χ3n) is 9.94. The molecule has 2 atom stereocenters. The van der Waals surface area contributed by atoms with Crippen LogP contribution in [0, 0.1) is 11.8 Å². The van der Waals surface area contributed by atoms with Crippen molar-refractivity contribution in [1.82, 2.24) is 0 Å². The molecule has 1 aromatic rings. The highest BCUT2D eigenvalue weighted by atomic mass is 16.3. The zero-order chi connectivity index (χ0) is 31.1. The number of aromatic hydroxyl groups is 1. The zero-order valence-electron chi connectivity index (χ0n) is 29.8. The van der Waals surface area contributed by atoms with Crippen LogP contribution in [0.25, 0.3) is 0 Å². The minimum Gasteiger partial charge on any atom is -0.508 e. The predicted octanol–water partition coefficient (Wildman–Crippen LogP) is 14.9. The van der Waals surface area contributed by atoms with Crippen LogP contribution in [-0.4, -0.2) is 5.11 Å². The fourth-order valence-corrected chi connectivity index (χ4v) is 6.72. The molecule has 2 unspecified atom stereocenters. The fraction of sp³-hybridized carbons (Fsp3) is 0.857. The molecule has 1 N–H and O–H groups in total. The van der Waals surface area contributed by atoms with Crippen LogP contribution in [0.3, 0.4) is 0 Å². The van der Waals surface area contributed by atoms with Crippen molar-refractivity contribution in [3.05, 3.63) is 29.8 Å². The summed E-state index contributed by atoms with van der Waals surface area (Å²) in [5, 5.41) is 9.32. The second-order valence-corrected chi connectivity index (χ2v) is 14.2. The molecular weight excluding hydrogens is 520 g/mol. The largest absolute Gasteiger partial charge is 0.508 e. The van der Waals surface area contributed by atoms with Gasteiger partial charge < -0.3 is 5.11 Å². The standard InChI is InChI=1S/C24H40O.C18H38/c1-2-3-4-5-6-7-8-9-10-11-12-13-22-20-23(22)17-14-21-15-18-24(25)19-16-21;1-3-5-7-9-11-13-15-17-18-16-14-12-10-8-6-4-2/h15-16,18-19,22-23,25H,2-14,17,20H2,1H3;3-18H2,1-2H3. The van der Waals surface area contributed by atoms with Gasteiger partial charge in [-0.2, -0.15) is 0 Å². The summed E-state index contributed by atoms with van der Waals surface area (Å²) in [7, 11) is 0. The third-order valence-corrected chi connectivity index (χ3v) is 9.94. The Morgan fingerprint density at radius 1 is 0.419 bits per heavy atom. The molecule has 1 aliphatic rings. The Labute approximate surface area is 271 Å². The molecule has 0 aliphatic heterocycles. The van der Waals surface area contributed by atoms with Crippen molar-refractivity contribution in [3.8, 4) is 5.75 Å². The lowest BCUT2D eigenvalue weighted by atomic mass is 10.0. The predicted molar refractivity (Wildman–Crippen MR) is 194 cm³/mol. The van der Waals surface area contributed by atoms with Gasteiger partial charge in [-0.25, -0.2) is 0 Å². The zero-order valence-corrected chi connectivity index (χ0v) is 29.8. The number of unbranched alkanes of at least 4 members (excludes halogenated alkanes) is 25. The Morgan fingerprint density at radius 3 is 1.07 bits per heavy atom. The summed E-state index contributed by atoms with van der Waals surface area (Å²) in [6.45, 7) is 6.88. The molecule has 0 amide bonds. The second-order valence-electron chi connectivity index (χ2n) is 14.2. The summed E-state index contributed by atoms with van der Waals surface area (Å²) in [5.41, 5.74) is 1.37. The molecule has 0 radical (unpaired) electrons. The van der Waals surface area contributed by atoms with Gasteiger partial charge in [-0.15, -0.1) is 0 Å². The van der Waals surface area contributed by atoms with E-state index >= 15 is 0 Å². The lowest BCUT2D eigenvalue weighted by molar-refractivity contribution is 0.475. The van der Waals surface area contributed by atoms with E-state index in [2.05, 4.69) is 32.9 Å². The van der Waals surface area contributed by atoms with Crippen LogP contribution in [0.1, 0.15) is 219 Å². The Balaban J connectivity index is 0.000000457. The Morgan fingerprint density at radius 2 is 0.721 bits per heavy atom. The van der Waals surface area contributed by atoms with Crippen LogP contribution in [0.2, 0.25) is 0 Å². The van der Waals surface area contributed by atoms with Crippen molar-refractivity contribution >= 4 is 0 Å². The van der Waals surface area contributed by atoms with E-state index in [0.717, 1.165) is 11.8 Å². The summed E-state index contributed by atoms with van der Waals surface area (Å²) >= 11 is 0. The Kier molecular flexibility index (Phi) is 28.9. The molecule has 1 nitrogen and oxygen atoms in total. The number of hydrogen-bond acceptors (Lipinski definition) is 1. The molecule has 2 rings (SSSR count). The molecule has 1 saturated carbocycles. The van der Waals surface area contributed by atoms with Gasteiger partial charge in [-0.3, -0.25) is 0 Å². The molecule has 43 heavy (non-hydrogen) atoms. The first-order valence-corrected chi connectivity index (χ1v) is 20.0. The minimum absolute atomic E-state index is 0.379. The topological polar surface area (TPSA) is 20.2 Å². The van der Waals surface area contributed by atoms with Crippen molar-refractivity contribution in [3.63, 3.8) is 0 Å². The van der Waals surface area contributed by atoms with Crippen molar-refractivity contribution in [2.75, 3.05) is 0 Å². The maximum atomic E-state index is 9.32. The quantitative estimate of drug-likeness (QED) is 0.0873. The van der Waals surface area contributed by atoms with Gasteiger partial charge >= 0.3 is 0 Å². The number of phenolic OH excluding ortho intramolecular Hbond substituents is 1. The number of benzene rings is 1. The van der Waals surface area contributed by atoms with Crippen molar-refractivity contribution in [2.45, 2.75) is 220 Å². The molecule has 1 aliphatic carbocycles. The first-order chi connectivity index (χ1) is 21.2. The number of phenols is 1. The molecule has 0 heterocycles. The number of rotatable bonds is 30. The van der Waals surface area contributed by atoms with Crippen LogP contribution in [0.5, 0.6) is 5.75 Å². The monoisotopic (exact) mass is 599 g/mol. The van der Waals surface area contributed by atoms with Crippen LogP contribution in [-0.2, 0) is 6.42 Å². The van der Waals surface area contributed by atoms with Gasteiger partial charge in [0.05, 0.1) is 0 Å². The van der Waals surface area contributed by atoms with E-state index in [4.69, 9.17) is 0 Å². The molecule has 0 spiro atoms. The average molecular weight is 599 g/mol. The van der Waals surface area contributed by atoms with E-state index in [1.165, 1.54) is 205 Å². The molecule has 252 valence electrons. The minimum atomic E-state index is 0.379. The first-order valence-electron chi connectivity index (χ1n) is 20.0. The highest BCUT2D eigenvalue weighted by molar-refractivity contribution is 5.26. The van der Waals surface area contributed by atoms with Crippen LogP contribution >= 0.6 is 0 Å². The second kappa shape index (κ2) is 31.0. The van der Waals surface area contributed by atoms with Gasteiger partial charge in [0.15, 0.2) is 0 Å². The SMILES string of the molecule is CCCCCCCCCCCCCC1CC1CCc1ccc(O)cc1.CCCCCCCCCCCCCCCCCC. The fourth-order valence-electron chi connectivity index (χ4n) is 6.72. The lowest BCUT2D eigenvalue weighted by Crippen LogP contribution is -1.90.